The summed E-state index contributed by atoms with van der Waals surface area (Å²) in [7, 11) is 0. The second-order valence-electron chi connectivity index (χ2n) is 8.95. The molecule has 2 aromatic carbocycles. The summed E-state index contributed by atoms with van der Waals surface area (Å²) in [6.45, 7) is 3.08. The van der Waals surface area contributed by atoms with Gasteiger partial charge in [0.05, 0.1) is 11.7 Å². The number of carbonyl (C=O) groups excluding carboxylic acids is 2. The molecule has 0 atom stereocenters. The van der Waals surface area contributed by atoms with E-state index in [-0.39, 0.29) is 24.8 Å². The van der Waals surface area contributed by atoms with Gasteiger partial charge in [0.1, 0.15) is 12.7 Å². The topological polar surface area (TPSA) is 114 Å². The molecule has 3 rings (SSSR count). The van der Waals surface area contributed by atoms with Crippen LogP contribution < -0.4 is 11.5 Å². The van der Waals surface area contributed by atoms with Crippen molar-refractivity contribution in [2.75, 3.05) is 18.1 Å². The Labute approximate surface area is 207 Å². The van der Waals surface area contributed by atoms with Crippen LogP contribution in [0.25, 0.3) is 6.08 Å². The number of nitrogen functional groups attached to an aromatic ring is 2. The van der Waals surface area contributed by atoms with Crippen molar-refractivity contribution in [1.82, 2.24) is 0 Å². The molecule has 0 spiro atoms. The molecule has 0 heterocycles. The van der Waals surface area contributed by atoms with Crippen LogP contribution in [0, 0.1) is 0 Å². The lowest BCUT2D eigenvalue weighted by Crippen LogP contribution is -2.28. The highest BCUT2D eigenvalue weighted by molar-refractivity contribution is 5.90. The number of rotatable bonds is 11. The van der Waals surface area contributed by atoms with Gasteiger partial charge in [-0.3, -0.25) is 0 Å². The molecule has 1 aliphatic carbocycles. The number of nitrogens with two attached hydrogens (primary N) is 2. The molecule has 4 N–H and O–H groups in total. The minimum atomic E-state index is -0.487. The fourth-order valence-electron chi connectivity index (χ4n) is 4.06. The first-order valence-electron chi connectivity index (χ1n) is 12.4. The fourth-order valence-corrected chi connectivity index (χ4v) is 4.06. The highest BCUT2D eigenvalue weighted by Crippen LogP contribution is 2.25. The van der Waals surface area contributed by atoms with E-state index in [1.54, 1.807) is 48.5 Å². The standard InChI is InChI=1S/C28H36N2O5/c1-2-3-4-15-33-25-10-12-26(13-11-25)35-28(32)22-8-5-20(6-9-22)7-14-27(31)34-19-21-16-23(29)18-24(30)17-21/h5-9,14,16-18,25-26H,2-4,10-13,15,19,29-30H2,1H3/b14-7+. The number of benzene rings is 2. The minimum Gasteiger partial charge on any atom is -0.459 e. The zero-order valence-electron chi connectivity index (χ0n) is 20.4. The number of hydrogen-bond acceptors (Lipinski definition) is 7. The van der Waals surface area contributed by atoms with Gasteiger partial charge in [-0.05, 0) is 79.6 Å². The van der Waals surface area contributed by atoms with E-state index in [0.29, 0.717) is 16.9 Å². The Morgan fingerprint density at radius 3 is 2.26 bits per heavy atom. The van der Waals surface area contributed by atoms with E-state index in [9.17, 15) is 9.59 Å². The lowest BCUT2D eigenvalue weighted by Gasteiger charge is -2.28. The van der Waals surface area contributed by atoms with Crippen LogP contribution in [0.3, 0.4) is 0 Å². The molecule has 0 unspecified atom stereocenters. The second-order valence-corrected chi connectivity index (χ2v) is 8.95. The van der Waals surface area contributed by atoms with Crippen molar-refractivity contribution >= 4 is 29.4 Å². The van der Waals surface area contributed by atoms with Gasteiger partial charge < -0.3 is 25.7 Å². The summed E-state index contributed by atoms with van der Waals surface area (Å²) in [6.07, 6.45) is 10.2. The molecule has 188 valence electrons. The van der Waals surface area contributed by atoms with Gasteiger partial charge in [-0.25, -0.2) is 9.59 Å². The smallest absolute Gasteiger partial charge is 0.338 e. The number of esters is 2. The van der Waals surface area contributed by atoms with Gasteiger partial charge in [0.25, 0.3) is 0 Å². The number of unbranched alkanes of at least 4 members (excludes halogenated alkanes) is 2. The summed E-state index contributed by atoms with van der Waals surface area (Å²) in [5, 5.41) is 0. The molecule has 7 nitrogen and oxygen atoms in total. The first kappa shape index (κ1) is 26.3. The molecule has 1 aliphatic rings. The van der Waals surface area contributed by atoms with E-state index in [1.807, 2.05) is 0 Å². The number of hydrogen-bond donors (Lipinski definition) is 2. The molecular formula is C28H36N2O5. The van der Waals surface area contributed by atoms with E-state index < -0.39 is 5.97 Å². The Morgan fingerprint density at radius 1 is 0.943 bits per heavy atom. The fraction of sp³-hybridized carbons (Fsp3) is 0.429. The van der Waals surface area contributed by atoms with Crippen LogP contribution in [-0.2, 0) is 25.6 Å². The third-order valence-corrected chi connectivity index (χ3v) is 5.97. The molecule has 2 aromatic rings. The average molecular weight is 481 g/mol. The highest BCUT2D eigenvalue weighted by Gasteiger charge is 2.24. The first-order valence-corrected chi connectivity index (χ1v) is 12.4. The second kappa shape index (κ2) is 13.5. The molecule has 35 heavy (non-hydrogen) atoms. The van der Waals surface area contributed by atoms with Gasteiger partial charge in [-0.1, -0.05) is 31.9 Å². The van der Waals surface area contributed by atoms with Crippen LogP contribution in [0.5, 0.6) is 0 Å². The predicted octanol–water partition coefficient (Wildman–Crippen LogP) is 5.28. The Kier molecular flexibility index (Phi) is 10.2. The van der Waals surface area contributed by atoms with Crippen molar-refractivity contribution < 1.29 is 23.8 Å². The molecule has 0 radical (unpaired) electrons. The maximum Gasteiger partial charge on any atom is 0.338 e. The molecule has 0 saturated heterocycles. The molecule has 1 saturated carbocycles. The minimum absolute atomic E-state index is 0.0670. The molecule has 0 aliphatic heterocycles. The van der Waals surface area contributed by atoms with Gasteiger partial charge in [0.15, 0.2) is 0 Å². The van der Waals surface area contributed by atoms with Crippen molar-refractivity contribution in [1.29, 1.82) is 0 Å². The predicted molar refractivity (Wildman–Crippen MR) is 137 cm³/mol. The summed E-state index contributed by atoms with van der Waals surface area (Å²) in [4.78, 5) is 24.5. The van der Waals surface area contributed by atoms with Gasteiger partial charge in [0.2, 0.25) is 0 Å². The van der Waals surface area contributed by atoms with Crippen molar-refractivity contribution in [2.24, 2.45) is 0 Å². The van der Waals surface area contributed by atoms with Crippen molar-refractivity contribution in [3.05, 3.63) is 65.2 Å². The van der Waals surface area contributed by atoms with Crippen LogP contribution in [0.2, 0.25) is 0 Å². The van der Waals surface area contributed by atoms with Crippen LogP contribution in [-0.4, -0.2) is 30.8 Å². The summed E-state index contributed by atoms with van der Waals surface area (Å²) in [5.41, 5.74) is 14.5. The van der Waals surface area contributed by atoms with Crippen LogP contribution >= 0.6 is 0 Å². The summed E-state index contributed by atoms with van der Waals surface area (Å²) < 4.78 is 16.9. The Hall–Kier alpha value is -3.32. The van der Waals surface area contributed by atoms with Crippen molar-refractivity contribution in [2.45, 2.75) is 70.7 Å². The van der Waals surface area contributed by atoms with Crippen LogP contribution in [0.4, 0.5) is 11.4 Å². The molecule has 7 heteroatoms. The number of carbonyl (C=O) groups is 2. The van der Waals surface area contributed by atoms with Crippen LogP contribution in [0.1, 0.15) is 73.4 Å². The van der Waals surface area contributed by atoms with Crippen molar-refractivity contribution in [3.63, 3.8) is 0 Å². The lowest BCUT2D eigenvalue weighted by molar-refractivity contribution is -0.138. The molecule has 0 amide bonds. The van der Waals surface area contributed by atoms with Gasteiger partial charge in [-0.2, -0.15) is 0 Å². The van der Waals surface area contributed by atoms with E-state index in [4.69, 9.17) is 25.7 Å². The maximum atomic E-state index is 12.5. The van der Waals surface area contributed by atoms with Gasteiger partial charge in [-0.15, -0.1) is 0 Å². The van der Waals surface area contributed by atoms with E-state index in [2.05, 4.69) is 6.92 Å². The summed E-state index contributed by atoms with van der Waals surface area (Å²) >= 11 is 0. The zero-order valence-corrected chi connectivity index (χ0v) is 20.4. The van der Waals surface area contributed by atoms with Gasteiger partial charge >= 0.3 is 11.9 Å². The third-order valence-electron chi connectivity index (χ3n) is 5.97. The van der Waals surface area contributed by atoms with E-state index >= 15 is 0 Å². The monoisotopic (exact) mass is 480 g/mol. The Morgan fingerprint density at radius 2 is 1.60 bits per heavy atom. The Balaban J connectivity index is 1.40. The number of ether oxygens (including phenoxy) is 3. The summed E-state index contributed by atoms with van der Waals surface area (Å²) in [6, 6.07) is 12.0. The zero-order chi connectivity index (χ0) is 25.0. The normalized spacial score (nSPS) is 17.9. The SMILES string of the molecule is CCCCCOC1CCC(OC(=O)c2ccc(/C=C/C(=O)OCc3cc(N)cc(N)c3)cc2)CC1. The summed E-state index contributed by atoms with van der Waals surface area (Å²) in [5.74, 6) is -0.812. The molecule has 0 bridgehead atoms. The average Bonchev–Trinajstić information content (AvgIpc) is 2.85. The molecule has 1 fully saturated rings. The lowest BCUT2D eigenvalue weighted by atomic mass is 9.95. The third kappa shape index (κ3) is 9.09. The number of anilines is 2. The highest BCUT2D eigenvalue weighted by atomic mass is 16.5. The van der Waals surface area contributed by atoms with E-state index in [1.165, 1.54) is 18.9 Å². The van der Waals surface area contributed by atoms with E-state index in [0.717, 1.165) is 49.8 Å². The van der Waals surface area contributed by atoms with Gasteiger partial charge in [0, 0.05) is 24.1 Å². The molecular weight excluding hydrogens is 444 g/mol. The quantitative estimate of drug-likeness (QED) is 0.195. The van der Waals surface area contributed by atoms with Crippen molar-refractivity contribution in [3.8, 4) is 0 Å². The molecule has 0 aromatic heterocycles. The Bertz CT molecular complexity index is 975. The largest absolute Gasteiger partial charge is 0.459 e. The first-order chi connectivity index (χ1) is 16.9. The maximum absolute atomic E-state index is 12.5. The van der Waals surface area contributed by atoms with Crippen LogP contribution in [0.15, 0.2) is 48.5 Å².